The highest BCUT2D eigenvalue weighted by Gasteiger charge is 2.34. The van der Waals surface area contributed by atoms with Crippen molar-refractivity contribution in [1.29, 1.82) is 0 Å². The average Bonchev–Trinajstić information content (AvgIpc) is 2.55. The molecule has 1 unspecified atom stereocenters. The Kier molecular flexibility index (Phi) is 9.24. The summed E-state index contributed by atoms with van der Waals surface area (Å²) in [5.74, 6) is 0. The molecule has 0 saturated heterocycles. The summed E-state index contributed by atoms with van der Waals surface area (Å²) in [7, 11) is -1.80. The molecule has 25 heavy (non-hydrogen) atoms. The summed E-state index contributed by atoms with van der Waals surface area (Å²) in [5, 5.41) is 1.27. The maximum atomic E-state index is 6.79. The van der Waals surface area contributed by atoms with E-state index in [-0.39, 0.29) is 6.10 Å². The van der Waals surface area contributed by atoms with Gasteiger partial charge in [-0.2, -0.15) is 0 Å². The zero-order chi connectivity index (χ0) is 19.3. The Morgan fingerprint density at radius 1 is 1.08 bits per heavy atom. The van der Waals surface area contributed by atoms with E-state index < -0.39 is 8.32 Å². The highest BCUT2D eigenvalue weighted by molar-refractivity contribution is 6.73. The fourth-order valence-electron chi connectivity index (χ4n) is 3.13. The standard InChI is InChI=1S/C19H32Cl3NOSi/c1-7-25(8-2,9-3)24-15(11-10-12-19(4,5)6)16-14(20)13-23-18(22)17(16)21/h13,15H,7-12H2,1-6H3. The van der Waals surface area contributed by atoms with E-state index >= 15 is 0 Å². The van der Waals surface area contributed by atoms with E-state index in [0.717, 1.165) is 43.0 Å². The molecule has 1 atom stereocenters. The third-order valence-electron chi connectivity index (χ3n) is 5.01. The fourth-order valence-corrected chi connectivity index (χ4v) is 6.71. The molecule has 6 heteroatoms. The third kappa shape index (κ3) is 6.70. The number of nitrogens with zero attached hydrogens (tertiary/aromatic N) is 1. The number of aromatic nitrogens is 1. The Labute approximate surface area is 169 Å². The Balaban J connectivity index is 3.17. The largest absolute Gasteiger partial charge is 0.410 e. The van der Waals surface area contributed by atoms with Crippen LogP contribution in [0.15, 0.2) is 6.20 Å². The van der Waals surface area contributed by atoms with Gasteiger partial charge in [0, 0.05) is 11.8 Å². The molecule has 0 aliphatic heterocycles. The van der Waals surface area contributed by atoms with Crippen LogP contribution in [0, 0.1) is 5.41 Å². The summed E-state index contributed by atoms with van der Waals surface area (Å²) in [6.07, 6.45) is 4.54. The van der Waals surface area contributed by atoms with E-state index in [2.05, 4.69) is 46.5 Å². The van der Waals surface area contributed by atoms with Gasteiger partial charge in [0.25, 0.3) is 0 Å². The van der Waals surface area contributed by atoms with Gasteiger partial charge in [-0.3, -0.25) is 0 Å². The predicted molar refractivity (Wildman–Crippen MR) is 114 cm³/mol. The molecule has 1 rings (SSSR count). The molecule has 1 aromatic heterocycles. The fraction of sp³-hybridized carbons (Fsp3) is 0.737. The van der Waals surface area contributed by atoms with Crippen molar-refractivity contribution in [3.8, 4) is 0 Å². The molecule has 0 N–H and O–H groups in total. The highest BCUT2D eigenvalue weighted by Crippen LogP contribution is 2.41. The van der Waals surface area contributed by atoms with Crippen molar-refractivity contribution in [3.05, 3.63) is 27.0 Å². The Hall–Kier alpha value is 0.197. The number of rotatable bonds is 9. The molecule has 0 fully saturated rings. The van der Waals surface area contributed by atoms with Crippen LogP contribution in [0.4, 0.5) is 0 Å². The van der Waals surface area contributed by atoms with Crippen LogP contribution in [0.3, 0.4) is 0 Å². The Bertz CT molecular complexity index is 548. The molecule has 0 bridgehead atoms. The Morgan fingerprint density at radius 3 is 2.12 bits per heavy atom. The number of pyridine rings is 1. The molecule has 0 aliphatic carbocycles. The number of hydrogen-bond donors (Lipinski definition) is 0. The summed E-state index contributed by atoms with van der Waals surface area (Å²) in [5.41, 5.74) is 1.10. The normalized spacial score (nSPS) is 14.0. The summed E-state index contributed by atoms with van der Waals surface area (Å²) in [6, 6.07) is 3.26. The minimum Gasteiger partial charge on any atom is -0.410 e. The lowest BCUT2D eigenvalue weighted by molar-refractivity contribution is 0.169. The van der Waals surface area contributed by atoms with E-state index in [4.69, 9.17) is 39.2 Å². The van der Waals surface area contributed by atoms with Crippen LogP contribution < -0.4 is 0 Å². The third-order valence-corrected chi connectivity index (χ3v) is 10.7. The maximum Gasteiger partial charge on any atom is 0.192 e. The van der Waals surface area contributed by atoms with E-state index in [1.54, 1.807) is 6.20 Å². The van der Waals surface area contributed by atoms with E-state index in [0.29, 0.717) is 20.6 Å². The molecular weight excluding hydrogens is 393 g/mol. The van der Waals surface area contributed by atoms with Crippen molar-refractivity contribution in [1.82, 2.24) is 4.98 Å². The van der Waals surface area contributed by atoms with Crippen molar-refractivity contribution in [3.63, 3.8) is 0 Å². The van der Waals surface area contributed by atoms with Crippen molar-refractivity contribution in [2.75, 3.05) is 0 Å². The van der Waals surface area contributed by atoms with Gasteiger partial charge in [0.05, 0.1) is 16.1 Å². The Morgan fingerprint density at radius 2 is 1.64 bits per heavy atom. The summed E-state index contributed by atoms with van der Waals surface area (Å²) < 4.78 is 6.79. The zero-order valence-corrected chi connectivity index (χ0v) is 19.7. The monoisotopic (exact) mass is 423 g/mol. The van der Waals surface area contributed by atoms with Crippen molar-refractivity contribution in [2.24, 2.45) is 5.41 Å². The van der Waals surface area contributed by atoms with Crippen LogP contribution in [0.1, 0.15) is 72.5 Å². The molecule has 0 spiro atoms. The molecule has 2 nitrogen and oxygen atoms in total. The second-order valence-electron chi connectivity index (χ2n) is 7.93. The molecule has 1 heterocycles. The molecule has 144 valence electrons. The smallest absolute Gasteiger partial charge is 0.192 e. The summed E-state index contributed by atoms with van der Waals surface area (Å²) >= 11 is 19.1. The van der Waals surface area contributed by atoms with Crippen LogP contribution in [0.2, 0.25) is 33.3 Å². The van der Waals surface area contributed by atoms with Crippen LogP contribution in [-0.4, -0.2) is 13.3 Å². The predicted octanol–water partition coefficient (Wildman–Crippen LogP) is 8.32. The van der Waals surface area contributed by atoms with Gasteiger partial charge in [0.1, 0.15) is 5.15 Å². The molecule has 0 saturated carbocycles. The van der Waals surface area contributed by atoms with Gasteiger partial charge in [0.2, 0.25) is 0 Å². The average molecular weight is 425 g/mol. The first kappa shape index (κ1) is 23.2. The maximum absolute atomic E-state index is 6.79. The highest BCUT2D eigenvalue weighted by atomic mass is 35.5. The first-order chi connectivity index (χ1) is 11.6. The van der Waals surface area contributed by atoms with Crippen molar-refractivity contribution in [2.45, 2.75) is 85.0 Å². The molecular formula is C19H32Cl3NOSi. The van der Waals surface area contributed by atoms with E-state index in [1.807, 2.05) is 0 Å². The summed E-state index contributed by atoms with van der Waals surface area (Å²) in [4.78, 5) is 4.06. The van der Waals surface area contributed by atoms with Gasteiger partial charge >= 0.3 is 0 Å². The SMILES string of the molecule is CC[Si](CC)(CC)OC(CCCC(C)(C)C)c1c(Cl)cnc(Cl)c1Cl. The second-order valence-corrected chi connectivity index (χ2v) is 13.8. The van der Waals surface area contributed by atoms with E-state index in [1.165, 1.54) is 0 Å². The lowest BCUT2D eigenvalue weighted by Gasteiger charge is -2.34. The van der Waals surface area contributed by atoms with E-state index in [9.17, 15) is 0 Å². The quantitative estimate of drug-likeness (QED) is 0.293. The van der Waals surface area contributed by atoms with Gasteiger partial charge in [-0.25, -0.2) is 4.98 Å². The molecule has 1 aromatic rings. The molecule has 0 radical (unpaired) electrons. The van der Waals surface area contributed by atoms with Crippen LogP contribution >= 0.6 is 34.8 Å². The molecule has 0 amide bonds. The first-order valence-corrected chi connectivity index (χ1v) is 12.9. The van der Waals surface area contributed by atoms with Gasteiger partial charge in [0.15, 0.2) is 8.32 Å². The van der Waals surface area contributed by atoms with Gasteiger partial charge in [-0.15, -0.1) is 0 Å². The van der Waals surface area contributed by atoms with Crippen LogP contribution in [0.5, 0.6) is 0 Å². The lowest BCUT2D eigenvalue weighted by Crippen LogP contribution is -2.37. The topological polar surface area (TPSA) is 22.1 Å². The first-order valence-electron chi connectivity index (χ1n) is 9.26. The van der Waals surface area contributed by atoms with Crippen LogP contribution in [-0.2, 0) is 4.43 Å². The summed E-state index contributed by atoms with van der Waals surface area (Å²) in [6.45, 7) is 13.5. The second kappa shape index (κ2) is 9.94. The minimum atomic E-state index is -1.80. The minimum absolute atomic E-state index is 0.116. The van der Waals surface area contributed by atoms with Crippen LogP contribution in [0.25, 0.3) is 0 Å². The number of halogens is 3. The zero-order valence-electron chi connectivity index (χ0n) is 16.4. The van der Waals surface area contributed by atoms with Crippen molar-refractivity contribution >= 4 is 43.1 Å². The van der Waals surface area contributed by atoms with Gasteiger partial charge in [-0.1, -0.05) is 82.8 Å². The number of hydrogen-bond acceptors (Lipinski definition) is 2. The van der Waals surface area contributed by atoms with Gasteiger partial charge in [-0.05, 0) is 36.4 Å². The molecule has 0 aromatic carbocycles. The molecule has 0 aliphatic rings. The lowest BCUT2D eigenvalue weighted by atomic mass is 9.88. The van der Waals surface area contributed by atoms with Gasteiger partial charge < -0.3 is 4.43 Å². The van der Waals surface area contributed by atoms with Crippen molar-refractivity contribution < 1.29 is 4.43 Å².